The average Bonchev–Trinajstić information content (AvgIpc) is 3.15. The number of hydrogen-bond acceptors (Lipinski definition) is 4. The van der Waals surface area contributed by atoms with Crippen molar-refractivity contribution in [2.75, 3.05) is 32.7 Å². The van der Waals surface area contributed by atoms with Crippen LogP contribution in [0.1, 0.15) is 28.6 Å². The van der Waals surface area contributed by atoms with Gasteiger partial charge in [-0.2, -0.15) is 11.3 Å². The lowest BCUT2D eigenvalue weighted by molar-refractivity contribution is 0.0305. The number of piperazine rings is 1. The van der Waals surface area contributed by atoms with Crippen LogP contribution in [0.5, 0.6) is 0 Å². The van der Waals surface area contributed by atoms with Crippen molar-refractivity contribution in [1.82, 2.24) is 9.80 Å². The van der Waals surface area contributed by atoms with Gasteiger partial charge in [-0.3, -0.25) is 9.69 Å². The molecule has 1 fully saturated rings. The van der Waals surface area contributed by atoms with Crippen molar-refractivity contribution in [1.29, 1.82) is 0 Å². The molecule has 5 heteroatoms. The zero-order valence-electron chi connectivity index (χ0n) is 13.0. The number of ketones is 1. The van der Waals surface area contributed by atoms with E-state index >= 15 is 0 Å². The Morgan fingerprint density at radius 2 is 1.87 bits per heavy atom. The number of benzene rings is 1. The van der Waals surface area contributed by atoms with E-state index in [9.17, 15) is 9.18 Å². The molecule has 0 N–H and O–H groups in total. The van der Waals surface area contributed by atoms with Gasteiger partial charge in [0, 0.05) is 55.7 Å². The van der Waals surface area contributed by atoms with Gasteiger partial charge in [-0.15, -0.1) is 0 Å². The Morgan fingerprint density at radius 3 is 2.52 bits per heavy atom. The van der Waals surface area contributed by atoms with Crippen molar-refractivity contribution < 1.29 is 9.18 Å². The third-order valence-electron chi connectivity index (χ3n) is 4.30. The van der Waals surface area contributed by atoms with Crippen LogP contribution in [0, 0.1) is 0 Å². The first-order chi connectivity index (χ1) is 11.2. The van der Waals surface area contributed by atoms with Crippen molar-refractivity contribution in [3.8, 4) is 0 Å². The van der Waals surface area contributed by atoms with Crippen LogP contribution >= 0.6 is 11.3 Å². The summed E-state index contributed by atoms with van der Waals surface area (Å²) >= 11 is 1.55. The molecular formula is C18H21FN2OS. The molecular weight excluding hydrogens is 311 g/mol. The van der Waals surface area contributed by atoms with E-state index < -0.39 is 6.30 Å². The molecule has 1 aliphatic heterocycles. The Morgan fingerprint density at radius 1 is 1.13 bits per heavy atom. The lowest BCUT2D eigenvalue weighted by atomic mass is 10.1. The molecule has 2 aromatic rings. The fourth-order valence-corrected chi connectivity index (χ4v) is 3.52. The first-order valence-electron chi connectivity index (χ1n) is 7.95. The molecule has 1 unspecified atom stereocenters. The molecule has 1 aliphatic rings. The minimum atomic E-state index is -1.04. The van der Waals surface area contributed by atoms with E-state index in [0.29, 0.717) is 25.1 Å². The van der Waals surface area contributed by atoms with E-state index in [-0.39, 0.29) is 5.78 Å². The monoisotopic (exact) mass is 332 g/mol. The Balaban J connectivity index is 1.44. The summed E-state index contributed by atoms with van der Waals surface area (Å²) in [5.74, 6) is 0.196. The molecule has 0 radical (unpaired) electrons. The number of thiophene rings is 1. The van der Waals surface area contributed by atoms with E-state index in [1.807, 2.05) is 52.1 Å². The highest BCUT2D eigenvalue weighted by Crippen LogP contribution is 2.23. The highest BCUT2D eigenvalue weighted by Gasteiger charge is 2.24. The van der Waals surface area contributed by atoms with Crippen molar-refractivity contribution in [2.45, 2.75) is 12.7 Å². The van der Waals surface area contributed by atoms with Crippen molar-refractivity contribution in [2.24, 2.45) is 0 Å². The van der Waals surface area contributed by atoms with E-state index in [4.69, 9.17) is 0 Å². The van der Waals surface area contributed by atoms with Gasteiger partial charge < -0.3 is 4.90 Å². The number of Topliss-reactive ketones (excluding diaryl/α,β-unsaturated/α-hetero) is 1. The summed E-state index contributed by atoms with van der Waals surface area (Å²) in [6.07, 6.45) is -0.500. The number of alkyl halides is 1. The molecule has 1 saturated heterocycles. The standard InChI is InChI=1S/C18H21FN2OS/c19-18(15-4-2-1-3-5-15)21-11-9-20(10-12-21)8-6-17(22)16-7-13-23-14-16/h1-5,7,13-14,18H,6,8-12H2. The minimum Gasteiger partial charge on any atom is -0.300 e. The Kier molecular flexibility index (Phi) is 5.54. The van der Waals surface area contributed by atoms with Gasteiger partial charge in [0.25, 0.3) is 0 Å². The zero-order chi connectivity index (χ0) is 16.1. The van der Waals surface area contributed by atoms with E-state index in [1.165, 1.54) is 0 Å². The molecule has 1 atom stereocenters. The van der Waals surface area contributed by atoms with Gasteiger partial charge in [0.05, 0.1) is 0 Å². The van der Waals surface area contributed by atoms with Crippen LogP contribution in [0.3, 0.4) is 0 Å². The summed E-state index contributed by atoms with van der Waals surface area (Å²) in [4.78, 5) is 16.1. The van der Waals surface area contributed by atoms with Crippen molar-refractivity contribution >= 4 is 17.1 Å². The molecule has 0 bridgehead atoms. The normalized spacial score (nSPS) is 18.0. The summed E-state index contributed by atoms with van der Waals surface area (Å²) in [5, 5.41) is 3.82. The first kappa shape index (κ1) is 16.3. The van der Waals surface area contributed by atoms with Gasteiger partial charge in [-0.25, -0.2) is 4.39 Å². The maximum atomic E-state index is 14.5. The predicted molar refractivity (Wildman–Crippen MR) is 91.6 cm³/mol. The second-order valence-corrected chi connectivity index (χ2v) is 6.59. The largest absolute Gasteiger partial charge is 0.300 e. The molecule has 3 rings (SSSR count). The summed E-state index contributed by atoms with van der Waals surface area (Å²) < 4.78 is 14.5. The molecule has 122 valence electrons. The Labute approximate surface area is 140 Å². The predicted octanol–water partition coefficient (Wildman–Crippen LogP) is 3.61. The quantitative estimate of drug-likeness (QED) is 0.596. The molecule has 0 saturated carbocycles. The third-order valence-corrected chi connectivity index (χ3v) is 4.98. The molecule has 1 aromatic heterocycles. The topological polar surface area (TPSA) is 23.6 Å². The van der Waals surface area contributed by atoms with Crippen LogP contribution in [0.15, 0.2) is 47.2 Å². The molecule has 0 amide bonds. The lowest BCUT2D eigenvalue weighted by Crippen LogP contribution is -2.47. The van der Waals surface area contributed by atoms with E-state index in [0.717, 1.165) is 25.2 Å². The van der Waals surface area contributed by atoms with Gasteiger partial charge in [-0.1, -0.05) is 30.3 Å². The van der Waals surface area contributed by atoms with Gasteiger partial charge in [0.2, 0.25) is 0 Å². The fourth-order valence-electron chi connectivity index (χ4n) is 2.86. The van der Waals surface area contributed by atoms with E-state index in [2.05, 4.69) is 4.90 Å². The zero-order valence-corrected chi connectivity index (χ0v) is 13.8. The van der Waals surface area contributed by atoms with E-state index in [1.54, 1.807) is 11.3 Å². The molecule has 3 nitrogen and oxygen atoms in total. The highest BCUT2D eigenvalue weighted by molar-refractivity contribution is 7.08. The molecule has 0 spiro atoms. The maximum Gasteiger partial charge on any atom is 0.179 e. The van der Waals surface area contributed by atoms with Gasteiger partial charge in [-0.05, 0) is 11.4 Å². The Hall–Kier alpha value is -1.56. The second-order valence-electron chi connectivity index (χ2n) is 5.81. The minimum absolute atomic E-state index is 0.196. The third kappa shape index (κ3) is 4.25. The first-order valence-corrected chi connectivity index (χ1v) is 8.89. The lowest BCUT2D eigenvalue weighted by Gasteiger charge is -2.36. The van der Waals surface area contributed by atoms with Crippen LogP contribution in [0.2, 0.25) is 0 Å². The molecule has 23 heavy (non-hydrogen) atoms. The van der Waals surface area contributed by atoms with Crippen molar-refractivity contribution in [3.05, 3.63) is 58.3 Å². The number of nitrogens with zero attached hydrogens (tertiary/aromatic N) is 2. The molecule has 2 heterocycles. The van der Waals surface area contributed by atoms with Gasteiger partial charge in [0.15, 0.2) is 12.1 Å². The van der Waals surface area contributed by atoms with Gasteiger partial charge in [0.1, 0.15) is 0 Å². The summed E-state index contributed by atoms with van der Waals surface area (Å²) in [7, 11) is 0. The summed E-state index contributed by atoms with van der Waals surface area (Å²) in [6.45, 7) is 3.77. The van der Waals surface area contributed by atoms with Crippen LogP contribution in [-0.4, -0.2) is 48.3 Å². The molecule has 0 aliphatic carbocycles. The van der Waals surface area contributed by atoms with Crippen LogP contribution in [0.4, 0.5) is 4.39 Å². The smallest absolute Gasteiger partial charge is 0.179 e. The average molecular weight is 332 g/mol. The van der Waals surface area contributed by atoms with Crippen LogP contribution in [0.25, 0.3) is 0 Å². The Bertz CT molecular complexity index is 609. The highest BCUT2D eigenvalue weighted by atomic mass is 32.1. The van der Waals surface area contributed by atoms with Gasteiger partial charge >= 0.3 is 0 Å². The number of hydrogen-bond donors (Lipinski definition) is 0. The SMILES string of the molecule is O=C(CCN1CCN(C(F)c2ccccc2)CC1)c1ccsc1. The maximum absolute atomic E-state index is 14.5. The number of rotatable bonds is 6. The second kappa shape index (κ2) is 7.81. The van der Waals surface area contributed by atoms with Crippen molar-refractivity contribution in [3.63, 3.8) is 0 Å². The molecule has 1 aromatic carbocycles. The number of carbonyl (C=O) groups is 1. The van der Waals surface area contributed by atoms with Crippen LogP contribution in [-0.2, 0) is 0 Å². The fraction of sp³-hybridized carbons (Fsp3) is 0.389. The number of carbonyl (C=O) groups excluding carboxylic acids is 1. The summed E-state index contributed by atoms with van der Waals surface area (Å²) in [5.41, 5.74) is 1.52. The number of halogens is 1. The van der Waals surface area contributed by atoms with Crippen LogP contribution < -0.4 is 0 Å². The summed E-state index contributed by atoms with van der Waals surface area (Å²) in [6, 6.07) is 11.2.